The Kier molecular flexibility index (Phi) is 4.00. The summed E-state index contributed by atoms with van der Waals surface area (Å²) in [6.07, 6.45) is 1.19. The van der Waals surface area contributed by atoms with Crippen molar-refractivity contribution in [2.45, 2.75) is 25.7 Å². The van der Waals surface area contributed by atoms with Crippen LogP contribution in [-0.2, 0) is 11.3 Å². The summed E-state index contributed by atoms with van der Waals surface area (Å²) in [5.74, 6) is -1.08. The van der Waals surface area contributed by atoms with Gasteiger partial charge in [0.25, 0.3) is 0 Å². The number of carbonyl (C=O) groups is 1. The molecule has 0 aromatic carbocycles. The molecule has 1 aliphatic heterocycles. The fourth-order valence-corrected chi connectivity index (χ4v) is 2.26. The van der Waals surface area contributed by atoms with Gasteiger partial charge in [0.05, 0.1) is 25.1 Å². The van der Waals surface area contributed by atoms with Gasteiger partial charge in [-0.15, -0.1) is 0 Å². The highest BCUT2D eigenvalue weighted by atomic mass is 16.5. The van der Waals surface area contributed by atoms with Crippen molar-refractivity contribution in [1.82, 2.24) is 4.90 Å². The van der Waals surface area contributed by atoms with Crippen LogP contribution in [0.5, 0.6) is 0 Å². The number of aliphatic hydroxyl groups excluding tert-OH is 1. The Balaban J connectivity index is 2.04. The van der Waals surface area contributed by atoms with Gasteiger partial charge in [0.2, 0.25) is 5.76 Å². The number of aromatic carboxylic acids is 1. The van der Waals surface area contributed by atoms with Gasteiger partial charge in [0, 0.05) is 25.2 Å². The van der Waals surface area contributed by atoms with Crippen LogP contribution in [0.1, 0.15) is 23.0 Å². The molecule has 2 heterocycles. The lowest BCUT2D eigenvalue weighted by molar-refractivity contribution is -0.0973. The highest BCUT2D eigenvalue weighted by Crippen LogP contribution is 2.17. The monoisotopic (exact) mass is 255 g/mol. The molecule has 18 heavy (non-hydrogen) atoms. The van der Waals surface area contributed by atoms with E-state index in [4.69, 9.17) is 19.4 Å². The summed E-state index contributed by atoms with van der Waals surface area (Å²) in [6.45, 7) is 3.69. The Labute approximate surface area is 105 Å². The van der Waals surface area contributed by atoms with Crippen LogP contribution in [0.25, 0.3) is 0 Å². The summed E-state index contributed by atoms with van der Waals surface area (Å²) < 4.78 is 10.5. The zero-order valence-electron chi connectivity index (χ0n) is 10.2. The number of furan rings is 1. The van der Waals surface area contributed by atoms with E-state index in [1.54, 1.807) is 6.07 Å². The van der Waals surface area contributed by atoms with Crippen LogP contribution in [0.2, 0.25) is 0 Å². The van der Waals surface area contributed by atoms with E-state index < -0.39 is 5.97 Å². The minimum Gasteiger partial charge on any atom is -0.475 e. The van der Waals surface area contributed by atoms with Crippen LogP contribution < -0.4 is 0 Å². The second-order valence-electron chi connectivity index (χ2n) is 4.53. The number of rotatable bonds is 4. The molecule has 2 rings (SSSR count). The van der Waals surface area contributed by atoms with Gasteiger partial charge in [0.1, 0.15) is 0 Å². The van der Waals surface area contributed by atoms with E-state index >= 15 is 0 Å². The lowest BCUT2D eigenvalue weighted by atomic mass is 10.1. The highest BCUT2D eigenvalue weighted by Gasteiger charge is 2.26. The molecule has 6 heteroatoms. The van der Waals surface area contributed by atoms with E-state index in [1.807, 2.05) is 6.92 Å². The van der Waals surface area contributed by atoms with E-state index in [1.165, 1.54) is 6.26 Å². The summed E-state index contributed by atoms with van der Waals surface area (Å²) in [4.78, 5) is 13.0. The van der Waals surface area contributed by atoms with Crippen molar-refractivity contribution in [2.24, 2.45) is 0 Å². The van der Waals surface area contributed by atoms with Crippen molar-refractivity contribution in [3.05, 3.63) is 23.7 Å². The Morgan fingerprint density at radius 2 is 2.33 bits per heavy atom. The van der Waals surface area contributed by atoms with Gasteiger partial charge >= 0.3 is 5.97 Å². The molecule has 0 bridgehead atoms. The predicted octanol–water partition coefficient (Wildman–Crippen LogP) is 0.559. The maximum atomic E-state index is 10.9. The fourth-order valence-electron chi connectivity index (χ4n) is 2.26. The zero-order chi connectivity index (χ0) is 13.1. The molecule has 6 nitrogen and oxygen atoms in total. The summed E-state index contributed by atoms with van der Waals surface area (Å²) in [5, 5.41) is 18.1. The van der Waals surface area contributed by atoms with E-state index in [0.29, 0.717) is 25.2 Å². The normalized spacial score (nSPS) is 25.2. The first-order valence-corrected chi connectivity index (χ1v) is 5.88. The molecular weight excluding hydrogens is 238 g/mol. The molecule has 0 saturated carbocycles. The Bertz CT molecular complexity index is 416. The number of morpholine rings is 1. The van der Waals surface area contributed by atoms with Gasteiger partial charge in [-0.05, 0) is 13.0 Å². The molecule has 0 amide bonds. The summed E-state index contributed by atoms with van der Waals surface area (Å²) in [5.41, 5.74) is 0.647. The summed E-state index contributed by atoms with van der Waals surface area (Å²) in [6, 6.07) is 1.66. The molecule has 2 N–H and O–H groups in total. The average Bonchev–Trinajstić information content (AvgIpc) is 2.76. The molecule has 100 valence electrons. The number of hydrogen-bond donors (Lipinski definition) is 2. The van der Waals surface area contributed by atoms with Crippen molar-refractivity contribution in [3.8, 4) is 0 Å². The van der Waals surface area contributed by atoms with E-state index in [-0.39, 0.29) is 24.6 Å². The number of carboxylic acids is 1. The van der Waals surface area contributed by atoms with Gasteiger partial charge in [-0.2, -0.15) is 0 Å². The molecule has 1 fully saturated rings. The molecular formula is C12H17NO5. The first-order valence-electron chi connectivity index (χ1n) is 5.88. The van der Waals surface area contributed by atoms with Crippen LogP contribution >= 0.6 is 0 Å². The molecule has 2 unspecified atom stereocenters. The Hall–Kier alpha value is -1.37. The van der Waals surface area contributed by atoms with Crippen molar-refractivity contribution >= 4 is 5.97 Å². The number of aliphatic hydroxyl groups is 1. The van der Waals surface area contributed by atoms with Gasteiger partial charge in [-0.25, -0.2) is 4.79 Å². The molecule has 0 radical (unpaired) electrons. The van der Waals surface area contributed by atoms with Gasteiger partial charge in [-0.1, -0.05) is 0 Å². The number of carboxylic acid groups (broad SMARTS) is 1. The maximum absolute atomic E-state index is 10.9. The zero-order valence-corrected chi connectivity index (χ0v) is 10.2. The smallest absolute Gasteiger partial charge is 0.372 e. The van der Waals surface area contributed by atoms with Crippen molar-refractivity contribution in [1.29, 1.82) is 0 Å². The second-order valence-corrected chi connectivity index (χ2v) is 4.53. The van der Waals surface area contributed by atoms with E-state index in [0.717, 1.165) is 0 Å². The maximum Gasteiger partial charge on any atom is 0.372 e. The molecule has 1 aromatic rings. The molecule has 0 aliphatic carbocycles. The Morgan fingerprint density at radius 1 is 1.56 bits per heavy atom. The van der Waals surface area contributed by atoms with Crippen molar-refractivity contribution in [2.75, 3.05) is 19.7 Å². The van der Waals surface area contributed by atoms with Crippen LogP contribution in [0, 0.1) is 0 Å². The summed E-state index contributed by atoms with van der Waals surface area (Å²) >= 11 is 0. The van der Waals surface area contributed by atoms with Gasteiger partial charge < -0.3 is 19.4 Å². The van der Waals surface area contributed by atoms with Crippen LogP contribution in [0.3, 0.4) is 0 Å². The number of hydrogen-bond acceptors (Lipinski definition) is 5. The lowest BCUT2D eigenvalue weighted by Gasteiger charge is -2.35. The number of nitrogens with zero attached hydrogens (tertiary/aromatic N) is 1. The average molecular weight is 255 g/mol. The summed E-state index contributed by atoms with van der Waals surface area (Å²) in [7, 11) is 0. The predicted molar refractivity (Wildman–Crippen MR) is 62.4 cm³/mol. The third kappa shape index (κ3) is 2.90. The van der Waals surface area contributed by atoms with E-state index in [9.17, 15) is 4.79 Å². The second kappa shape index (κ2) is 5.51. The fraction of sp³-hybridized carbons (Fsp3) is 0.583. The first kappa shape index (κ1) is 13.1. The molecule has 0 spiro atoms. The molecule has 1 aliphatic rings. The molecule has 2 atom stereocenters. The highest BCUT2D eigenvalue weighted by molar-refractivity contribution is 5.86. The minimum absolute atomic E-state index is 0.0188. The largest absolute Gasteiger partial charge is 0.475 e. The van der Waals surface area contributed by atoms with Gasteiger partial charge in [0.15, 0.2) is 0 Å². The standard InChI is InChI=1S/C12H17NO5/c1-8-4-13(6-10(7-14)18-8)5-9-2-3-17-11(9)12(15)16/h2-3,8,10,14H,4-7H2,1H3,(H,15,16). The third-order valence-electron chi connectivity index (χ3n) is 2.94. The lowest BCUT2D eigenvalue weighted by Crippen LogP contribution is -2.47. The Morgan fingerprint density at radius 3 is 3.00 bits per heavy atom. The van der Waals surface area contributed by atoms with Crippen molar-refractivity contribution in [3.63, 3.8) is 0 Å². The van der Waals surface area contributed by atoms with Gasteiger partial charge in [-0.3, -0.25) is 4.90 Å². The molecule has 1 saturated heterocycles. The third-order valence-corrected chi connectivity index (χ3v) is 2.94. The molecule has 1 aromatic heterocycles. The van der Waals surface area contributed by atoms with Crippen LogP contribution in [-0.4, -0.2) is 53.0 Å². The quantitative estimate of drug-likeness (QED) is 0.818. The number of ether oxygens (including phenoxy) is 1. The van der Waals surface area contributed by atoms with E-state index in [2.05, 4.69) is 4.90 Å². The van der Waals surface area contributed by atoms with Crippen molar-refractivity contribution < 1.29 is 24.2 Å². The first-order chi connectivity index (χ1) is 8.60. The SMILES string of the molecule is CC1CN(Cc2ccoc2C(=O)O)CC(CO)O1. The minimum atomic E-state index is -1.06. The topological polar surface area (TPSA) is 83.1 Å². The van der Waals surface area contributed by atoms with Crippen LogP contribution in [0.4, 0.5) is 0 Å². The van der Waals surface area contributed by atoms with Crippen LogP contribution in [0.15, 0.2) is 16.7 Å².